The fourth-order valence-corrected chi connectivity index (χ4v) is 2.59. The SMILES string of the molecule is COc1ccc(Br)c2c1C[C@H](N)CC2. The molecule has 76 valence electrons. The quantitative estimate of drug-likeness (QED) is 0.836. The molecule has 0 saturated carbocycles. The van der Waals surface area contributed by atoms with Crippen LogP contribution in [0.25, 0.3) is 0 Å². The van der Waals surface area contributed by atoms with E-state index in [1.807, 2.05) is 6.07 Å². The van der Waals surface area contributed by atoms with Crippen molar-refractivity contribution in [1.82, 2.24) is 0 Å². The Morgan fingerprint density at radius 2 is 2.21 bits per heavy atom. The molecule has 0 spiro atoms. The summed E-state index contributed by atoms with van der Waals surface area (Å²) in [4.78, 5) is 0. The maximum absolute atomic E-state index is 5.95. The summed E-state index contributed by atoms with van der Waals surface area (Å²) >= 11 is 3.57. The lowest BCUT2D eigenvalue weighted by Gasteiger charge is -2.24. The van der Waals surface area contributed by atoms with Crippen LogP contribution in [0.4, 0.5) is 0 Å². The molecule has 2 nitrogen and oxygen atoms in total. The number of fused-ring (bicyclic) bond motifs is 1. The van der Waals surface area contributed by atoms with Gasteiger partial charge in [-0.3, -0.25) is 0 Å². The van der Waals surface area contributed by atoms with Crippen molar-refractivity contribution in [2.75, 3.05) is 7.11 Å². The van der Waals surface area contributed by atoms with Crippen molar-refractivity contribution in [3.8, 4) is 5.75 Å². The lowest BCUT2D eigenvalue weighted by Crippen LogP contribution is -2.28. The molecule has 0 unspecified atom stereocenters. The molecule has 2 N–H and O–H groups in total. The number of rotatable bonds is 1. The maximum Gasteiger partial charge on any atom is 0.122 e. The van der Waals surface area contributed by atoms with Crippen LogP contribution >= 0.6 is 15.9 Å². The molecule has 1 atom stereocenters. The van der Waals surface area contributed by atoms with E-state index in [2.05, 4.69) is 22.0 Å². The van der Waals surface area contributed by atoms with Crippen LogP contribution in [-0.2, 0) is 12.8 Å². The van der Waals surface area contributed by atoms with Crippen LogP contribution in [0.3, 0.4) is 0 Å². The van der Waals surface area contributed by atoms with Crippen molar-refractivity contribution >= 4 is 15.9 Å². The van der Waals surface area contributed by atoms with Crippen LogP contribution in [-0.4, -0.2) is 13.2 Å². The standard InChI is InChI=1S/C11H14BrNO/c1-14-11-5-4-10(12)8-3-2-7(13)6-9(8)11/h4-5,7H,2-3,6,13H2,1H3/t7-/m1/s1. The van der Waals surface area contributed by atoms with Crippen LogP contribution in [0.2, 0.25) is 0 Å². The maximum atomic E-state index is 5.95. The molecular weight excluding hydrogens is 242 g/mol. The van der Waals surface area contributed by atoms with Gasteiger partial charge in [0.1, 0.15) is 5.75 Å². The Hall–Kier alpha value is -0.540. The van der Waals surface area contributed by atoms with Crippen LogP contribution in [0, 0.1) is 0 Å². The fraction of sp³-hybridized carbons (Fsp3) is 0.455. The topological polar surface area (TPSA) is 35.2 Å². The Balaban J connectivity index is 2.49. The second-order valence-corrected chi connectivity index (χ2v) is 4.56. The van der Waals surface area contributed by atoms with Gasteiger partial charge in [0.15, 0.2) is 0 Å². The van der Waals surface area contributed by atoms with Gasteiger partial charge in [0.25, 0.3) is 0 Å². The molecule has 0 fully saturated rings. The van der Waals surface area contributed by atoms with Crippen LogP contribution in [0.1, 0.15) is 17.5 Å². The number of halogens is 1. The van der Waals surface area contributed by atoms with Crippen molar-refractivity contribution < 1.29 is 4.74 Å². The van der Waals surface area contributed by atoms with Crippen molar-refractivity contribution in [3.63, 3.8) is 0 Å². The zero-order chi connectivity index (χ0) is 10.1. The summed E-state index contributed by atoms with van der Waals surface area (Å²) in [7, 11) is 1.71. The summed E-state index contributed by atoms with van der Waals surface area (Å²) in [6, 6.07) is 4.33. The molecule has 1 aromatic rings. The molecule has 0 amide bonds. The molecule has 1 aliphatic rings. The van der Waals surface area contributed by atoms with Crippen molar-refractivity contribution in [2.45, 2.75) is 25.3 Å². The van der Waals surface area contributed by atoms with E-state index in [0.717, 1.165) is 25.0 Å². The Morgan fingerprint density at radius 3 is 2.93 bits per heavy atom. The minimum atomic E-state index is 0.283. The molecule has 1 aliphatic carbocycles. The number of ether oxygens (including phenoxy) is 1. The van der Waals surface area contributed by atoms with Gasteiger partial charge in [-0.15, -0.1) is 0 Å². The second kappa shape index (κ2) is 3.91. The number of hydrogen-bond acceptors (Lipinski definition) is 2. The van der Waals surface area contributed by atoms with Gasteiger partial charge >= 0.3 is 0 Å². The molecule has 14 heavy (non-hydrogen) atoms. The molecule has 3 heteroatoms. The molecule has 2 rings (SSSR count). The molecule has 0 aliphatic heterocycles. The van der Waals surface area contributed by atoms with E-state index in [0.29, 0.717) is 0 Å². The van der Waals surface area contributed by atoms with E-state index in [1.54, 1.807) is 7.11 Å². The summed E-state index contributed by atoms with van der Waals surface area (Å²) < 4.78 is 6.52. The summed E-state index contributed by atoms with van der Waals surface area (Å²) in [5.41, 5.74) is 8.60. The largest absolute Gasteiger partial charge is 0.496 e. The summed E-state index contributed by atoms with van der Waals surface area (Å²) in [6.07, 6.45) is 3.05. The summed E-state index contributed by atoms with van der Waals surface area (Å²) in [5, 5.41) is 0. The summed E-state index contributed by atoms with van der Waals surface area (Å²) in [5.74, 6) is 0.971. The van der Waals surface area contributed by atoms with Gasteiger partial charge in [0.05, 0.1) is 7.11 Å². The first-order valence-electron chi connectivity index (χ1n) is 4.82. The molecule has 0 aromatic heterocycles. The number of benzene rings is 1. The molecule has 0 bridgehead atoms. The average molecular weight is 256 g/mol. The van der Waals surface area contributed by atoms with E-state index in [1.165, 1.54) is 15.6 Å². The van der Waals surface area contributed by atoms with E-state index in [-0.39, 0.29) is 6.04 Å². The normalized spacial score (nSPS) is 20.4. The third-order valence-electron chi connectivity index (χ3n) is 2.78. The first-order chi connectivity index (χ1) is 6.72. The zero-order valence-corrected chi connectivity index (χ0v) is 9.80. The highest BCUT2D eigenvalue weighted by Gasteiger charge is 2.20. The minimum Gasteiger partial charge on any atom is -0.496 e. The first-order valence-corrected chi connectivity index (χ1v) is 5.61. The van der Waals surface area contributed by atoms with E-state index < -0.39 is 0 Å². The van der Waals surface area contributed by atoms with Crippen LogP contribution in [0.15, 0.2) is 16.6 Å². The Bertz CT molecular complexity index is 351. The number of methoxy groups -OCH3 is 1. The van der Waals surface area contributed by atoms with Gasteiger partial charge in [-0.25, -0.2) is 0 Å². The monoisotopic (exact) mass is 255 g/mol. The van der Waals surface area contributed by atoms with Crippen molar-refractivity contribution in [3.05, 3.63) is 27.7 Å². The number of hydrogen-bond donors (Lipinski definition) is 1. The molecule has 0 heterocycles. The highest BCUT2D eigenvalue weighted by atomic mass is 79.9. The summed E-state index contributed by atoms with van der Waals surface area (Å²) in [6.45, 7) is 0. The Morgan fingerprint density at radius 1 is 1.43 bits per heavy atom. The first kappa shape index (κ1) is 9.99. The predicted molar refractivity (Wildman–Crippen MR) is 60.7 cm³/mol. The fourth-order valence-electron chi connectivity index (χ4n) is 2.02. The highest BCUT2D eigenvalue weighted by molar-refractivity contribution is 9.10. The average Bonchev–Trinajstić information content (AvgIpc) is 2.18. The third-order valence-corrected chi connectivity index (χ3v) is 3.53. The molecule has 0 saturated heterocycles. The lowest BCUT2D eigenvalue weighted by molar-refractivity contribution is 0.403. The van der Waals surface area contributed by atoms with Gasteiger partial charge in [-0.1, -0.05) is 15.9 Å². The molecular formula is C11H14BrNO. The van der Waals surface area contributed by atoms with Crippen molar-refractivity contribution in [1.29, 1.82) is 0 Å². The number of nitrogens with two attached hydrogens (primary N) is 1. The Kier molecular flexibility index (Phi) is 2.79. The van der Waals surface area contributed by atoms with Gasteiger partial charge < -0.3 is 10.5 Å². The van der Waals surface area contributed by atoms with E-state index in [9.17, 15) is 0 Å². The minimum absolute atomic E-state index is 0.283. The van der Waals surface area contributed by atoms with Crippen molar-refractivity contribution in [2.24, 2.45) is 5.73 Å². The third kappa shape index (κ3) is 1.66. The van der Waals surface area contributed by atoms with Gasteiger partial charge in [0.2, 0.25) is 0 Å². The van der Waals surface area contributed by atoms with Crippen LogP contribution < -0.4 is 10.5 Å². The smallest absolute Gasteiger partial charge is 0.122 e. The second-order valence-electron chi connectivity index (χ2n) is 3.71. The molecule has 0 radical (unpaired) electrons. The van der Waals surface area contributed by atoms with E-state index in [4.69, 9.17) is 10.5 Å². The zero-order valence-electron chi connectivity index (χ0n) is 8.22. The van der Waals surface area contributed by atoms with Gasteiger partial charge in [-0.05, 0) is 42.5 Å². The predicted octanol–water partition coefficient (Wildman–Crippen LogP) is 2.27. The van der Waals surface area contributed by atoms with Gasteiger partial charge in [-0.2, -0.15) is 0 Å². The van der Waals surface area contributed by atoms with E-state index >= 15 is 0 Å². The Labute approximate surface area is 92.6 Å². The molecule has 1 aromatic carbocycles. The lowest BCUT2D eigenvalue weighted by atomic mass is 9.88. The van der Waals surface area contributed by atoms with Crippen LogP contribution in [0.5, 0.6) is 5.75 Å². The highest BCUT2D eigenvalue weighted by Crippen LogP contribution is 2.34. The van der Waals surface area contributed by atoms with Gasteiger partial charge in [0, 0.05) is 10.5 Å².